The lowest BCUT2D eigenvalue weighted by Gasteiger charge is -2.19. The number of hydrogen-bond donors (Lipinski definition) is 2. The highest BCUT2D eigenvalue weighted by molar-refractivity contribution is 7.99. The molecule has 0 bridgehead atoms. The van der Waals surface area contributed by atoms with Crippen molar-refractivity contribution < 1.29 is 14.3 Å². The lowest BCUT2D eigenvalue weighted by Crippen LogP contribution is -2.28. The van der Waals surface area contributed by atoms with Crippen molar-refractivity contribution in [1.29, 1.82) is 0 Å². The molecule has 1 aromatic carbocycles. The first-order valence-corrected chi connectivity index (χ1v) is 8.81. The van der Waals surface area contributed by atoms with E-state index >= 15 is 0 Å². The summed E-state index contributed by atoms with van der Waals surface area (Å²) in [7, 11) is 4.92. The van der Waals surface area contributed by atoms with Crippen molar-refractivity contribution in [3.63, 3.8) is 0 Å². The van der Waals surface area contributed by atoms with Crippen LogP contribution in [0.25, 0.3) is 0 Å². The van der Waals surface area contributed by atoms with Crippen LogP contribution >= 0.6 is 11.8 Å². The first-order valence-electron chi connectivity index (χ1n) is 7.82. The number of rotatable bonds is 7. The van der Waals surface area contributed by atoms with Crippen molar-refractivity contribution in [3.05, 3.63) is 29.3 Å². The number of nitrogen functional groups attached to an aromatic ring is 2. The summed E-state index contributed by atoms with van der Waals surface area (Å²) in [6.07, 6.45) is 0. The molecule has 0 fully saturated rings. The Labute approximate surface area is 156 Å². The molecule has 0 radical (unpaired) electrons. The molecule has 0 unspecified atom stereocenters. The Morgan fingerprint density at radius 3 is 2.27 bits per heavy atom. The summed E-state index contributed by atoms with van der Waals surface area (Å²) >= 11 is 1.20. The molecule has 2 rings (SSSR count). The second-order valence-electron chi connectivity index (χ2n) is 5.67. The van der Waals surface area contributed by atoms with Gasteiger partial charge in [0.05, 0.1) is 20.0 Å². The smallest absolute Gasteiger partial charge is 0.233 e. The average Bonchev–Trinajstić information content (AvgIpc) is 2.60. The summed E-state index contributed by atoms with van der Waals surface area (Å²) in [4.78, 5) is 22.2. The van der Waals surface area contributed by atoms with E-state index in [9.17, 15) is 4.79 Å². The number of aromatic nitrogens is 2. The first-order chi connectivity index (χ1) is 12.3. The van der Waals surface area contributed by atoms with E-state index in [0.29, 0.717) is 23.2 Å². The molecule has 4 N–H and O–H groups in total. The highest BCUT2D eigenvalue weighted by Crippen LogP contribution is 2.30. The van der Waals surface area contributed by atoms with Crippen LogP contribution in [0.5, 0.6) is 11.5 Å². The molecule has 0 saturated heterocycles. The van der Waals surface area contributed by atoms with Crippen LogP contribution in [0, 0.1) is 6.92 Å². The lowest BCUT2D eigenvalue weighted by atomic mass is 10.1. The molecule has 26 heavy (non-hydrogen) atoms. The number of carbonyl (C=O) groups is 1. The van der Waals surface area contributed by atoms with Crippen molar-refractivity contribution >= 4 is 29.3 Å². The molecule has 0 atom stereocenters. The maximum atomic E-state index is 12.4. The third-order valence-electron chi connectivity index (χ3n) is 3.75. The van der Waals surface area contributed by atoms with E-state index in [1.165, 1.54) is 17.8 Å². The van der Waals surface area contributed by atoms with Crippen LogP contribution in [-0.4, -0.2) is 47.8 Å². The van der Waals surface area contributed by atoms with E-state index in [-0.39, 0.29) is 23.3 Å². The van der Waals surface area contributed by atoms with Crippen LogP contribution in [0.4, 0.5) is 11.6 Å². The third kappa shape index (κ3) is 4.92. The second kappa shape index (κ2) is 8.61. The predicted molar refractivity (Wildman–Crippen MR) is 102 cm³/mol. The Bertz CT molecular complexity index is 780. The number of nitrogens with zero attached hydrogens (tertiary/aromatic N) is 3. The molecule has 0 spiro atoms. The summed E-state index contributed by atoms with van der Waals surface area (Å²) in [5.74, 6) is 1.98. The van der Waals surface area contributed by atoms with E-state index in [4.69, 9.17) is 20.9 Å². The molecule has 0 aliphatic heterocycles. The zero-order valence-electron chi connectivity index (χ0n) is 15.3. The van der Waals surface area contributed by atoms with E-state index in [1.807, 2.05) is 19.1 Å². The summed E-state index contributed by atoms with van der Waals surface area (Å²) in [5, 5.41) is 0.381. The number of benzene rings is 1. The molecular formula is C17H23N5O3S. The standard InChI is InChI=1S/C17H23N5O3S/c1-10-5-12(24-3)13(25-4)6-11(10)8-22(2)16(23)9-26-17-20-14(18)7-15(19)21-17/h5-7H,8-9H2,1-4H3,(H4,18,19,20,21). The second-order valence-corrected chi connectivity index (χ2v) is 6.61. The van der Waals surface area contributed by atoms with Gasteiger partial charge in [-0.3, -0.25) is 4.79 Å². The van der Waals surface area contributed by atoms with E-state index < -0.39 is 0 Å². The van der Waals surface area contributed by atoms with Gasteiger partial charge in [0.15, 0.2) is 16.7 Å². The Morgan fingerprint density at radius 1 is 1.12 bits per heavy atom. The number of carbonyl (C=O) groups excluding carboxylic acids is 1. The number of thioether (sulfide) groups is 1. The molecular weight excluding hydrogens is 354 g/mol. The van der Waals surface area contributed by atoms with Gasteiger partial charge in [-0.2, -0.15) is 0 Å². The number of ether oxygens (including phenoxy) is 2. The summed E-state index contributed by atoms with van der Waals surface area (Å²) in [5.41, 5.74) is 13.3. The molecule has 140 valence electrons. The Kier molecular flexibility index (Phi) is 6.51. The van der Waals surface area contributed by atoms with Gasteiger partial charge in [-0.25, -0.2) is 9.97 Å². The molecule has 1 amide bonds. The number of methoxy groups -OCH3 is 2. The van der Waals surface area contributed by atoms with E-state index in [0.717, 1.165) is 11.1 Å². The molecule has 1 heterocycles. The minimum atomic E-state index is -0.0613. The van der Waals surface area contributed by atoms with Gasteiger partial charge in [0.25, 0.3) is 0 Å². The number of amides is 1. The lowest BCUT2D eigenvalue weighted by molar-refractivity contribution is -0.127. The molecule has 0 aliphatic carbocycles. The quantitative estimate of drug-likeness (QED) is 0.553. The van der Waals surface area contributed by atoms with Crippen LogP contribution in [0.2, 0.25) is 0 Å². The fourth-order valence-corrected chi connectivity index (χ4v) is 3.11. The van der Waals surface area contributed by atoms with E-state index in [1.54, 1.807) is 26.2 Å². The highest BCUT2D eigenvalue weighted by atomic mass is 32.2. The molecule has 8 nitrogen and oxygen atoms in total. The summed E-state index contributed by atoms with van der Waals surface area (Å²) in [6.45, 7) is 2.42. The minimum absolute atomic E-state index is 0.0613. The summed E-state index contributed by atoms with van der Waals surface area (Å²) in [6, 6.07) is 5.25. The number of aryl methyl sites for hydroxylation is 1. The van der Waals surface area contributed by atoms with Gasteiger partial charge in [0.2, 0.25) is 5.91 Å². The topological polar surface area (TPSA) is 117 Å². The first kappa shape index (κ1) is 19.6. The molecule has 2 aromatic rings. The molecule has 0 aliphatic rings. The maximum Gasteiger partial charge on any atom is 0.233 e. The number of nitrogens with two attached hydrogens (primary N) is 2. The van der Waals surface area contributed by atoms with Crippen molar-refractivity contribution in [1.82, 2.24) is 14.9 Å². The van der Waals surface area contributed by atoms with Gasteiger partial charge in [-0.15, -0.1) is 0 Å². The van der Waals surface area contributed by atoms with Crippen molar-refractivity contribution in [2.45, 2.75) is 18.6 Å². The van der Waals surface area contributed by atoms with Crippen LogP contribution < -0.4 is 20.9 Å². The largest absolute Gasteiger partial charge is 0.493 e. The van der Waals surface area contributed by atoms with Gasteiger partial charge in [0.1, 0.15) is 11.6 Å². The van der Waals surface area contributed by atoms with Crippen LogP contribution in [0.3, 0.4) is 0 Å². The zero-order valence-corrected chi connectivity index (χ0v) is 16.1. The molecule has 1 aromatic heterocycles. The van der Waals surface area contributed by atoms with Crippen molar-refractivity contribution in [2.75, 3.05) is 38.5 Å². The van der Waals surface area contributed by atoms with Crippen LogP contribution in [0.15, 0.2) is 23.4 Å². The molecule has 9 heteroatoms. The fourth-order valence-electron chi connectivity index (χ4n) is 2.30. The zero-order chi connectivity index (χ0) is 19.3. The highest BCUT2D eigenvalue weighted by Gasteiger charge is 2.15. The van der Waals surface area contributed by atoms with Crippen LogP contribution in [0.1, 0.15) is 11.1 Å². The monoisotopic (exact) mass is 377 g/mol. The maximum absolute atomic E-state index is 12.4. The van der Waals surface area contributed by atoms with Gasteiger partial charge < -0.3 is 25.8 Å². The summed E-state index contributed by atoms with van der Waals surface area (Å²) < 4.78 is 10.6. The van der Waals surface area contributed by atoms with Gasteiger partial charge >= 0.3 is 0 Å². The minimum Gasteiger partial charge on any atom is -0.493 e. The van der Waals surface area contributed by atoms with Gasteiger partial charge in [-0.05, 0) is 30.2 Å². The Hall–Kier alpha value is -2.68. The van der Waals surface area contributed by atoms with Gasteiger partial charge in [-0.1, -0.05) is 11.8 Å². The normalized spacial score (nSPS) is 10.5. The predicted octanol–water partition coefficient (Wildman–Crippen LogP) is 1.72. The number of anilines is 2. The van der Waals surface area contributed by atoms with Crippen molar-refractivity contribution in [3.8, 4) is 11.5 Å². The number of hydrogen-bond acceptors (Lipinski definition) is 8. The Balaban J connectivity index is 2.02. The van der Waals surface area contributed by atoms with Crippen LogP contribution in [-0.2, 0) is 11.3 Å². The SMILES string of the molecule is COc1cc(C)c(CN(C)C(=O)CSc2nc(N)cc(N)n2)cc1OC. The Morgan fingerprint density at radius 2 is 1.69 bits per heavy atom. The van der Waals surface area contributed by atoms with Crippen molar-refractivity contribution in [2.24, 2.45) is 0 Å². The fraction of sp³-hybridized carbons (Fsp3) is 0.353. The third-order valence-corrected chi connectivity index (χ3v) is 4.58. The molecule has 0 saturated carbocycles. The average molecular weight is 377 g/mol. The van der Waals surface area contributed by atoms with E-state index in [2.05, 4.69) is 9.97 Å². The van der Waals surface area contributed by atoms with Gasteiger partial charge in [0, 0.05) is 19.7 Å².